The fourth-order valence-corrected chi connectivity index (χ4v) is 13.5. The molecule has 4 heterocycles. The van der Waals surface area contributed by atoms with Crippen LogP contribution in [0.25, 0.3) is 0 Å². The van der Waals surface area contributed by atoms with Crippen molar-refractivity contribution in [3.8, 4) is 0 Å². The molecule has 8 aliphatic rings. The highest BCUT2D eigenvalue weighted by Crippen LogP contribution is 2.73. The predicted octanol–water partition coefficient (Wildman–Crippen LogP) is -5.11. The van der Waals surface area contributed by atoms with Gasteiger partial charge in [0.25, 0.3) is 0 Å². The molecule has 14 N–H and O–H groups in total. The van der Waals surface area contributed by atoms with Crippen molar-refractivity contribution in [1.82, 2.24) is 0 Å². The summed E-state index contributed by atoms with van der Waals surface area (Å²) in [6.07, 6.45) is -28.3. The Morgan fingerprint density at radius 2 is 1.04 bits per heavy atom. The molecule has 8 fully saturated rings. The molecule has 4 aliphatic carbocycles. The summed E-state index contributed by atoms with van der Waals surface area (Å²) in [5, 5.41) is 147. The molecule has 0 amide bonds. The van der Waals surface area contributed by atoms with Gasteiger partial charge in [-0.3, -0.25) is 4.79 Å². The Morgan fingerprint density at radius 3 is 1.64 bits per heavy atom. The second kappa shape index (κ2) is 19.4. The van der Waals surface area contributed by atoms with Crippen LogP contribution in [0.4, 0.5) is 0 Å². The molecule has 0 unspecified atom stereocenters. The van der Waals surface area contributed by atoms with Crippen LogP contribution in [0.3, 0.4) is 0 Å². The Balaban J connectivity index is 0.982. The van der Waals surface area contributed by atoms with Crippen molar-refractivity contribution in [2.24, 2.45) is 28.1 Å². The number of esters is 1. The van der Waals surface area contributed by atoms with Gasteiger partial charge >= 0.3 is 5.97 Å². The van der Waals surface area contributed by atoms with Gasteiger partial charge in [-0.05, 0) is 86.5 Å². The summed E-state index contributed by atoms with van der Waals surface area (Å²) in [7, 11) is 0. The lowest BCUT2D eigenvalue weighted by Gasteiger charge is -2.64. The third-order valence-corrected chi connectivity index (χ3v) is 17.1. The van der Waals surface area contributed by atoms with Crippen molar-refractivity contribution in [3.63, 3.8) is 0 Å². The first-order chi connectivity index (χ1) is 31.6. The third kappa shape index (κ3) is 8.63. The maximum atomic E-state index is 14.2. The van der Waals surface area contributed by atoms with Crippen LogP contribution in [-0.2, 0) is 42.7 Å². The molecule has 2 bridgehead atoms. The molecule has 23 nitrogen and oxygen atoms in total. The van der Waals surface area contributed by atoms with E-state index in [-0.39, 0.29) is 17.3 Å². The Morgan fingerprint density at radius 1 is 0.567 bits per heavy atom. The zero-order chi connectivity index (χ0) is 48.7. The third-order valence-electron chi connectivity index (χ3n) is 17.1. The van der Waals surface area contributed by atoms with Crippen molar-refractivity contribution in [3.05, 3.63) is 12.2 Å². The number of fused-ring (bicyclic) bond motifs is 3. The van der Waals surface area contributed by atoms with Crippen molar-refractivity contribution in [2.45, 2.75) is 200 Å². The van der Waals surface area contributed by atoms with E-state index in [2.05, 4.69) is 13.5 Å². The van der Waals surface area contributed by atoms with Crippen LogP contribution in [0.2, 0.25) is 0 Å². The van der Waals surface area contributed by atoms with Gasteiger partial charge in [0, 0.05) is 0 Å². The molecule has 26 atom stereocenters. The normalized spacial score (nSPS) is 54.5. The van der Waals surface area contributed by atoms with E-state index in [0.717, 1.165) is 12.0 Å². The van der Waals surface area contributed by atoms with E-state index < -0.39 is 172 Å². The van der Waals surface area contributed by atoms with Gasteiger partial charge in [0.1, 0.15) is 97.7 Å². The molecule has 0 aromatic carbocycles. The van der Waals surface area contributed by atoms with Crippen LogP contribution in [0, 0.1) is 28.1 Å². The summed E-state index contributed by atoms with van der Waals surface area (Å²) in [5.41, 5.74) is -2.12. The first kappa shape index (κ1) is 51.7. The molecule has 0 aromatic rings. The van der Waals surface area contributed by atoms with Gasteiger partial charge in [0.15, 0.2) is 18.9 Å². The van der Waals surface area contributed by atoms with Gasteiger partial charge < -0.3 is 109 Å². The zero-order valence-corrected chi connectivity index (χ0v) is 37.5. The van der Waals surface area contributed by atoms with Gasteiger partial charge in [-0.2, -0.15) is 0 Å². The average molecular weight is 967 g/mol. The molecular weight excluding hydrogens is 896 g/mol. The Bertz CT molecular complexity index is 1760. The number of hydrogen-bond acceptors (Lipinski definition) is 23. The number of carbonyl (C=O) groups is 1. The van der Waals surface area contributed by atoms with Gasteiger partial charge in [0.05, 0.1) is 37.4 Å². The van der Waals surface area contributed by atoms with Gasteiger partial charge in [-0.1, -0.05) is 19.9 Å². The van der Waals surface area contributed by atoms with E-state index in [1.54, 1.807) is 0 Å². The zero-order valence-electron chi connectivity index (χ0n) is 37.5. The van der Waals surface area contributed by atoms with Gasteiger partial charge in [0.2, 0.25) is 6.29 Å². The Kier molecular flexibility index (Phi) is 15.0. The van der Waals surface area contributed by atoms with Crippen molar-refractivity contribution in [2.75, 3.05) is 26.4 Å². The summed E-state index contributed by atoms with van der Waals surface area (Å²) in [5.74, 6) is -0.728. The van der Waals surface area contributed by atoms with Gasteiger partial charge in [-0.15, -0.1) is 0 Å². The van der Waals surface area contributed by atoms with E-state index in [0.29, 0.717) is 51.4 Å². The van der Waals surface area contributed by atoms with Crippen LogP contribution >= 0.6 is 0 Å². The molecule has 4 saturated carbocycles. The second-order valence-corrected chi connectivity index (χ2v) is 20.8. The molecule has 0 aromatic heterocycles. The van der Waals surface area contributed by atoms with Crippen LogP contribution in [-0.4, -0.2) is 232 Å². The quantitative estimate of drug-likeness (QED) is 0.0494. The minimum Gasteiger partial charge on any atom is -0.432 e. The summed E-state index contributed by atoms with van der Waals surface area (Å²) in [6, 6.07) is 0. The summed E-state index contributed by atoms with van der Waals surface area (Å²) < 4.78 is 47.2. The van der Waals surface area contributed by atoms with E-state index in [4.69, 9.17) is 37.9 Å². The topological polar surface area (TPSA) is 374 Å². The largest absolute Gasteiger partial charge is 0.432 e. The maximum absolute atomic E-state index is 14.2. The summed E-state index contributed by atoms with van der Waals surface area (Å²) in [6.45, 7) is 5.47. The van der Waals surface area contributed by atoms with E-state index in [1.165, 1.54) is 0 Å². The Labute approximate surface area is 386 Å². The minimum atomic E-state index is -2.00. The Hall–Kier alpha value is -1.63. The monoisotopic (exact) mass is 966 g/mol. The molecule has 23 heteroatoms. The number of aliphatic hydroxyl groups excluding tert-OH is 14. The minimum absolute atomic E-state index is 0.0622. The van der Waals surface area contributed by atoms with Gasteiger partial charge in [-0.25, -0.2) is 0 Å². The molecule has 4 aliphatic heterocycles. The number of ether oxygens (including phenoxy) is 8. The molecule has 0 radical (unpaired) electrons. The molecule has 8 rings (SSSR count). The number of carbonyl (C=O) groups excluding carboxylic acids is 1. The lowest BCUT2D eigenvalue weighted by atomic mass is 9.41. The summed E-state index contributed by atoms with van der Waals surface area (Å²) >= 11 is 0. The van der Waals surface area contributed by atoms with Crippen LogP contribution in [0.15, 0.2) is 12.2 Å². The van der Waals surface area contributed by atoms with Crippen molar-refractivity contribution < 1.29 is 114 Å². The van der Waals surface area contributed by atoms with Crippen LogP contribution in [0.5, 0.6) is 0 Å². The first-order valence-corrected chi connectivity index (χ1v) is 23.4. The smallest absolute Gasteiger partial charge is 0.314 e. The number of rotatable bonds is 12. The van der Waals surface area contributed by atoms with E-state index in [9.17, 15) is 76.3 Å². The molecular formula is C44H70O23. The fraction of sp³-hybridized carbons (Fsp3) is 0.932. The maximum Gasteiger partial charge on any atom is 0.314 e. The standard InChI is InChI=1S/C44H70O23/c1-17-11-43-9-5-22-41(2,7-4-8-42(22,3)40(59)66-38-32(57)28(53)25(50)19(13-46)61-38)23(43)6-10-44(17,16-43)67-39-35(29(54)26(51)20(14-47)62-39)65-37-33(58)30(55)34(21(15-48)63-37)64-36-31(56)27(52)24(49)18(12-45)60-36/h18-39,45-58H,1,4-16H2,2-3H3/t18-,19-,20-,21-,22+,23+,24-,25-,26-,27+,28+,29+,30-,31-,32-,33-,34-,35-,36-,37+,38+,39+,41-,42-,43-,44+/m1/s1. The second-order valence-electron chi connectivity index (χ2n) is 20.8. The summed E-state index contributed by atoms with van der Waals surface area (Å²) in [4.78, 5) is 14.2. The van der Waals surface area contributed by atoms with Crippen molar-refractivity contribution in [1.29, 1.82) is 0 Å². The molecule has 67 heavy (non-hydrogen) atoms. The number of hydrogen-bond donors (Lipinski definition) is 14. The lowest BCUT2D eigenvalue weighted by molar-refractivity contribution is -0.390. The number of aliphatic hydroxyl groups is 14. The molecule has 1 spiro atoms. The highest BCUT2D eigenvalue weighted by Gasteiger charge is 2.69. The first-order valence-electron chi connectivity index (χ1n) is 23.4. The van der Waals surface area contributed by atoms with E-state index >= 15 is 0 Å². The van der Waals surface area contributed by atoms with Crippen LogP contribution < -0.4 is 0 Å². The highest BCUT2D eigenvalue weighted by atomic mass is 16.8. The predicted molar refractivity (Wildman–Crippen MR) is 219 cm³/mol. The SMILES string of the molecule is C=C1C[C@@]23CC[C@H]4[C@@](C)(CCC[C@@]4(C)C(=O)O[C@@H]4O[C@H](CO)[C@@H](O)[C@H](O)[C@H]4O)[C@@H]2CC[C@]1(O[C@@H]1O[C@H](CO)[C@@H](O)[C@H](O)[C@H]1O[C@@H]1O[C@H](CO)[C@@H](O[C@H]2O[C@H](CO)[C@@H](O)[C@H](O)[C@H]2O)[C@H](O)[C@H]1O)C3. The average Bonchev–Trinajstić information content (AvgIpc) is 3.50. The molecule has 384 valence electrons. The highest BCUT2D eigenvalue weighted by molar-refractivity contribution is 5.77. The lowest BCUT2D eigenvalue weighted by Crippen LogP contribution is -2.67. The van der Waals surface area contributed by atoms with E-state index in [1.807, 2.05) is 6.92 Å². The molecule has 4 saturated heterocycles. The van der Waals surface area contributed by atoms with Crippen LogP contribution in [0.1, 0.15) is 71.6 Å². The fourth-order valence-electron chi connectivity index (χ4n) is 13.5. The van der Waals surface area contributed by atoms with Crippen molar-refractivity contribution >= 4 is 5.97 Å².